The molecule has 1 saturated heterocycles. The van der Waals surface area contributed by atoms with Crippen molar-refractivity contribution in [2.75, 3.05) is 12.3 Å². The van der Waals surface area contributed by atoms with Gasteiger partial charge in [-0.15, -0.1) is 0 Å². The van der Waals surface area contributed by atoms with E-state index in [-0.39, 0.29) is 23.1 Å². The topological polar surface area (TPSA) is 175 Å². The molecule has 10 nitrogen and oxygen atoms in total. The quantitative estimate of drug-likeness (QED) is 0.406. The number of anilines is 1. The zero-order chi connectivity index (χ0) is 14.4. The smallest absolute Gasteiger partial charge is 0.312 e. The number of fused-ring (bicyclic) bond motifs is 1. The standard InChI is InChI=1S/C10H12FN5O4.H3N/c11-10-14-7(12)4-8(15-10)16(2-13-4)9-6(19)5(18)3(1-17)20-9;/h2-3,5-6,9,17-19H,1H2,(H2,12,14,15);1H3/t3-,5-,6+,9-;/m1./s1. The van der Waals surface area contributed by atoms with Gasteiger partial charge in [-0.25, -0.2) is 4.98 Å². The van der Waals surface area contributed by atoms with E-state index in [9.17, 15) is 14.6 Å². The van der Waals surface area contributed by atoms with Crippen LogP contribution in [0.5, 0.6) is 0 Å². The Balaban J connectivity index is 0.00000161. The van der Waals surface area contributed by atoms with Crippen LogP contribution < -0.4 is 11.9 Å². The molecule has 0 radical (unpaired) electrons. The second-order valence-electron chi connectivity index (χ2n) is 4.43. The van der Waals surface area contributed by atoms with Crippen LogP contribution in [0, 0.1) is 6.08 Å². The Labute approximate surface area is 117 Å². The lowest BCUT2D eigenvalue weighted by Gasteiger charge is -2.16. The summed E-state index contributed by atoms with van der Waals surface area (Å²) < 4.78 is 19.8. The molecule has 0 spiro atoms. The van der Waals surface area contributed by atoms with Gasteiger partial charge < -0.3 is 31.9 Å². The maximum absolute atomic E-state index is 13.2. The molecule has 0 aromatic carbocycles. The number of ether oxygens (including phenoxy) is 1. The van der Waals surface area contributed by atoms with Crippen LogP contribution in [0.2, 0.25) is 0 Å². The van der Waals surface area contributed by atoms with Crippen molar-refractivity contribution in [3.05, 3.63) is 12.4 Å². The van der Waals surface area contributed by atoms with E-state index in [4.69, 9.17) is 15.6 Å². The molecular formula is C10H15FN6O4. The number of halogens is 1. The van der Waals surface area contributed by atoms with E-state index in [0.717, 1.165) is 0 Å². The number of imidazole rings is 1. The molecule has 0 unspecified atom stereocenters. The van der Waals surface area contributed by atoms with Gasteiger partial charge in [0.05, 0.1) is 12.9 Å². The maximum atomic E-state index is 13.2. The third-order valence-electron chi connectivity index (χ3n) is 3.21. The fourth-order valence-electron chi connectivity index (χ4n) is 2.21. The van der Waals surface area contributed by atoms with Crippen LogP contribution in [0.25, 0.3) is 11.2 Å². The fourth-order valence-corrected chi connectivity index (χ4v) is 2.21. The Morgan fingerprint density at radius 3 is 2.67 bits per heavy atom. The van der Waals surface area contributed by atoms with Gasteiger partial charge in [-0.1, -0.05) is 0 Å². The van der Waals surface area contributed by atoms with Crippen molar-refractivity contribution < 1.29 is 24.4 Å². The molecule has 0 saturated carbocycles. The molecule has 4 atom stereocenters. The second kappa shape index (κ2) is 5.46. The Hall–Kier alpha value is -1.92. The Morgan fingerprint density at radius 1 is 1.33 bits per heavy atom. The van der Waals surface area contributed by atoms with Gasteiger partial charge in [-0.2, -0.15) is 14.4 Å². The molecular weight excluding hydrogens is 287 g/mol. The number of hydrogen-bond acceptors (Lipinski definition) is 9. The minimum absolute atomic E-state index is 0. The molecule has 3 heterocycles. The number of nitrogens with two attached hydrogens (primary N) is 1. The van der Waals surface area contributed by atoms with Gasteiger partial charge >= 0.3 is 6.08 Å². The minimum atomic E-state index is -1.32. The van der Waals surface area contributed by atoms with Crippen LogP contribution in [-0.4, -0.2) is 59.8 Å². The van der Waals surface area contributed by atoms with Gasteiger partial charge in [0, 0.05) is 0 Å². The lowest BCUT2D eigenvalue weighted by molar-refractivity contribution is -0.0511. The fraction of sp³-hybridized carbons (Fsp3) is 0.500. The number of aromatic nitrogens is 4. The molecule has 2 aromatic rings. The highest BCUT2D eigenvalue weighted by Gasteiger charge is 2.44. The highest BCUT2D eigenvalue weighted by molar-refractivity contribution is 5.81. The van der Waals surface area contributed by atoms with Crippen molar-refractivity contribution in [1.82, 2.24) is 25.7 Å². The molecule has 0 aliphatic carbocycles. The molecule has 1 fully saturated rings. The number of rotatable bonds is 2. The van der Waals surface area contributed by atoms with E-state index in [1.807, 2.05) is 0 Å². The average Bonchev–Trinajstić information content (AvgIpc) is 2.93. The summed E-state index contributed by atoms with van der Waals surface area (Å²) in [4.78, 5) is 10.8. The normalized spacial score (nSPS) is 28.8. The highest BCUT2D eigenvalue weighted by Crippen LogP contribution is 2.31. The van der Waals surface area contributed by atoms with Crippen molar-refractivity contribution in [2.24, 2.45) is 0 Å². The predicted octanol–water partition coefficient (Wildman–Crippen LogP) is -1.68. The van der Waals surface area contributed by atoms with E-state index in [1.165, 1.54) is 10.9 Å². The summed E-state index contributed by atoms with van der Waals surface area (Å²) in [5.41, 5.74) is 5.71. The molecule has 8 N–H and O–H groups in total. The number of nitrogens with zero attached hydrogens (tertiary/aromatic N) is 4. The van der Waals surface area contributed by atoms with E-state index < -0.39 is 37.2 Å². The van der Waals surface area contributed by atoms with E-state index in [0.29, 0.717) is 0 Å². The number of nitrogen functional groups attached to an aromatic ring is 1. The van der Waals surface area contributed by atoms with Gasteiger partial charge in [0.1, 0.15) is 18.3 Å². The second-order valence-corrected chi connectivity index (χ2v) is 4.43. The molecule has 116 valence electrons. The summed E-state index contributed by atoms with van der Waals surface area (Å²) in [5.74, 6) is -0.141. The summed E-state index contributed by atoms with van der Waals surface area (Å²) >= 11 is 0. The average molecular weight is 302 g/mol. The van der Waals surface area contributed by atoms with Gasteiger partial charge in [0.25, 0.3) is 0 Å². The number of hydrogen-bond donors (Lipinski definition) is 5. The largest absolute Gasteiger partial charge is 0.394 e. The van der Waals surface area contributed by atoms with E-state index >= 15 is 0 Å². The Bertz CT molecular complexity index is 652. The maximum Gasteiger partial charge on any atom is 0.312 e. The lowest BCUT2D eigenvalue weighted by atomic mass is 10.1. The summed E-state index contributed by atoms with van der Waals surface area (Å²) in [6.07, 6.45) is -4.38. The van der Waals surface area contributed by atoms with Crippen LogP contribution in [-0.2, 0) is 4.74 Å². The Morgan fingerprint density at radius 2 is 2.05 bits per heavy atom. The summed E-state index contributed by atoms with van der Waals surface area (Å²) in [6, 6.07) is 0. The van der Waals surface area contributed by atoms with Crippen LogP contribution in [0.4, 0.5) is 10.2 Å². The van der Waals surface area contributed by atoms with E-state index in [2.05, 4.69) is 15.0 Å². The molecule has 1 aliphatic rings. The first kappa shape index (κ1) is 15.5. The predicted molar refractivity (Wildman–Crippen MR) is 67.7 cm³/mol. The van der Waals surface area contributed by atoms with E-state index in [1.54, 1.807) is 0 Å². The van der Waals surface area contributed by atoms with Gasteiger partial charge in [0.2, 0.25) is 0 Å². The van der Waals surface area contributed by atoms with Crippen molar-refractivity contribution in [2.45, 2.75) is 24.5 Å². The van der Waals surface area contributed by atoms with Gasteiger partial charge in [-0.05, 0) is 0 Å². The molecule has 11 heteroatoms. The van der Waals surface area contributed by atoms with Gasteiger partial charge in [0.15, 0.2) is 23.2 Å². The monoisotopic (exact) mass is 302 g/mol. The molecule has 21 heavy (non-hydrogen) atoms. The van der Waals surface area contributed by atoms with Crippen molar-refractivity contribution in [3.8, 4) is 0 Å². The third-order valence-corrected chi connectivity index (χ3v) is 3.21. The van der Waals surface area contributed by atoms with Crippen LogP contribution in [0.3, 0.4) is 0 Å². The zero-order valence-corrected chi connectivity index (χ0v) is 10.8. The first-order chi connectivity index (χ1) is 9.52. The Kier molecular flexibility index (Phi) is 4.02. The number of aliphatic hydroxyl groups excluding tert-OH is 3. The summed E-state index contributed by atoms with van der Waals surface area (Å²) in [5, 5.41) is 28.7. The highest BCUT2D eigenvalue weighted by atomic mass is 19.1. The SMILES string of the molecule is N.Nc1nc(F)nc2c1ncn2[C@@H]1O[C@H](CO)[C@@H](O)[C@@H]1O. The zero-order valence-electron chi connectivity index (χ0n) is 10.8. The van der Waals surface area contributed by atoms with Crippen LogP contribution in [0.15, 0.2) is 6.33 Å². The molecule has 2 aromatic heterocycles. The van der Waals surface area contributed by atoms with Crippen LogP contribution >= 0.6 is 0 Å². The van der Waals surface area contributed by atoms with Crippen LogP contribution in [0.1, 0.15) is 6.23 Å². The summed E-state index contributed by atoms with van der Waals surface area (Å²) in [6.45, 7) is -0.465. The molecule has 0 amide bonds. The number of aliphatic hydroxyl groups is 3. The van der Waals surface area contributed by atoms with Crippen molar-refractivity contribution >= 4 is 17.0 Å². The molecule has 3 rings (SSSR count). The van der Waals surface area contributed by atoms with Gasteiger partial charge in [-0.3, -0.25) is 4.57 Å². The molecule has 1 aliphatic heterocycles. The minimum Gasteiger partial charge on any atom is -0.394 e. The first-order valence-corrected chi connectivity index (χ1v) is 5.81. The third kappa shape index (κ3) is 2.30. The van der Waals surface area contributed by atoms with Crippen molar-refractivity contribution in [3.63, 3.8) is 0 Å². The molecule has 0 bridgehead atoms. The summed E-state index contributed by atoms with van der Waals surface area (Å²) in [7, 11) is 0. The first-order valence-electron chi connectivity index (χ1n) is 5.81. The van der Waals surface area contributed by atoms with Crippen molar-refractivity contribution in [1.29, 1.82) is 0 Å². The lowest BCUT2D eigenvalue weighted by Crippen LogP contribution is -2.33.